The van der Waals surface area contributed by atoms with Crippen LogP contribution >= 0.6 is 0 Å². The van der Waals surface area contributed by atoms with E-state index in [2.05, 4.69) is 18.9 Å². The lowest BCUT2D eigenvalue weighted by molar-refractivity contribution is -0.0279. The number of likely N-dealkylation sites (tertiary alicyclic amines) is 1. The highest BCUT2D eigenvalue weighted by Gasteiger charge is 2.37. The fourth-order valence-corrected chi connectivity index (χ4v) is 2.25. The molecule has 1 saturated heterocycles. The molecule has 0 spiro atoms. The number of rotatable bonds is 3. The van der Waals surface area contributed by atoms with E-state index in [1.165, 1.54) is 0 Å². The molecule has 86 valence electrons. The summed E-state index contributed by atoms with van der Waals surface area (Å²) in [6, 6.07) is 9.12. The summed E-state index contributed by atoms with van der Waals surface area (Å²) in [5.74, 6) is -0.226. The zero-order valence-corrected chi connectivity index (χ0v) is 9.77. The molecule has 1 aromatic carbocycles. The maximum absolute atomic E-state index is 11.7. The lowest BCUT2D eigenvalue weighted by atomic mass is 9.83. The summed E-state index contributed by atoms with van der Waals surface area (Å²) >= 11 is 0. The minimum Gasteiger partial charge on any atom is -0.461 e. The normalized spacial score (nSPS) is 18.9. The number of nitrogens with zero attached hydrogens (tertiary/aromatic N) is 1. The topological polar surface area (TPSA) is 29.5 Å². The Kier molecular flexibility index (Phi) is 2.97. The third-order valence-corrected chi connectivity index (χ3v) is 2.86. The zero-order chi connectivity index (χ0) is 11.6. The van der Waals surface area contributed by atoms with Crippen LogP contribution in [0, 0.1) is 5.41 Å². The van der Waals surface area contributed by atoms with E-state index in [0.29, 0.717) is 12.2 Å². The molecule has 0 radical (unpaired) electrons. The molecule has 1 heterocycles. The zero-order valence-electron chi connectivity index (χ0n) is 9.77. The van der Waals surface area contributed by atoms with Gasteiger partial charge in [-0.3, -0.25) is 0 Å². The summed E-state index contributed by atoms with van der Waals surface area (Å²) in [5, 5.41) is 0. The first kappa shape index (κ1) is 11.1. The van der Waals surface area contributed by atoms with E-state index >= 15 is 0 Å². The molecule has 3 nitrogen and oxygen atoms in total. The number of ether oxygens (including phenoxy) is 1. The molecule has 0 N–H and O–H groups in total. The van der Waals surface area contributed by atoms with Crippen LogP contribution in [-0.4, -0.2) is 37.6 Å². The predicted molar refractivity (Wildman–Crippen MR) is 62.3 cm³/mol. The second kappa shape index (κ2) is 4.26. The van der Waals surface area contributed by atoms with Crippen LogP contribution in [0.5, 0.6) is 0 Å². The van der Waals surface area contributed by atoms with E-state index in [9.17, 15) is 4.79 Å². The highest BCUT2D eigenvalue weighted by atomic mass is 16.5. The van der Waals surface area contributed by atoms with Crippen LogP contribution in [0.2, 0.25) is 0 Å². The molecule has 1 aliphatic rings. The molecular weight excluding hydrogens is 202 g/mol. The summed E-state index contributed by atoms with van der Waals surface area (Å²) in [4.78, 5) is 13.9. The summed E-state index contributed by atoms with van der Waals surface area (Å²) in [5.41, 5.74) is 0.762. The van der Waals surface area contributed by atoms with Crippen molar-refractivity contribution in [2.75, 3.05) is 26.7 Å². The van der Waals surface area contributed by atoms with Crippen LogP contribution in [0.25, 0.3) is 0 Å². The van der Waals surface area contributed by atoms with Gasteiger partial charge in [-0.2, -0.15) is 0 Å². The van der Waals surface area contributed by atoms with Crippen LogP contribution in [0.1, 0.15) is 17.3 Å². The van der Waals surface area contributed by atoms with E-state index in [-0.39, 0.29) is 11.4 Å². The van der Waals surface area contributed by atoms with Crippen LogP contribution in [0.15, 0.2) is 30.3 Å². The Bertz CT molecular complexity index is 369. The van der Waals surface area contributed by atoms with Gasteiger partial charge in [0.2, 0.25) is 0 Å². The molecule has 0 saturated carbocycles. The molecule has 0 atom stereocenters. The third kappa shape index (κ3) is 2.42. The lowest BCUT2D eigenvalue weighted by Crippen LogP contribution is -2.55. The van der Waals surface area contributed by atoms with E-state index in [4.69, 9.17) is 4.74 Å². The SMILES string of the molecule is CN1CC(C)(COC(=O)c2ccccc2)C1. The summed E-state index contributed by atoms with van der Waals surface area (Å²) in [6.45, 7) is 4.64. The maximum Gasteiger partial charge on any atom is 0.338 e. The van der Waals surface area contributed by atoms with Gasteiger partial charge in [0, 0.05) is 18.5 Å². The van der Waals surface area contributed by atoms with Gasteiger partial charge in [-0.05, 0) is 19.2 Å². The molecule has 0 bridgehead atoms. The highest BCUT2D eigenvalue weighted by molar-refractivity contribution is 5.89. The van der Waals surface area contributed by atoms with Crippen molar-refractivity contribution in [3.63, 3.8) is 0 Å². The van der Waals surface area contributed by atoms with Gasteiger partial charge in [0.25, 0.3) is 0 Å². The average Bonchev–Trinajstić information content (AvgIpc) is 2.25. The number of carbonyl (C=O) groups is 1. The quantitative estimate of drug-likeness (QED) is 0.726. The van der Waals surface area contributed by atoms with Crippen LogP contribution < -0.4 is 0 Å². The molecule has 0 aliphatic carbocycles. The van der Waals surface area contributed by atoms with Gasteiger partial charge in [0.15, 0.2) is 0 Å². The standard InChI is InChI=1S/C13H17NO2/c1-13(8-14(2)9-13)10-16-12(15)11-6-4-3-5-7-11/h3-7H,8-10H2,1-2H3. The summed E-state index contributed by atoms with van der Waals surface area (Å²) in [6.07, 6.45) is 0. The van der Waals surface area contributed by atoms with Crippen LogP contribution in [-0.2, 0) is 4.74 Å². The number of benzene rings is 1. The van der Waals surface area contributed by atoms with Gasteiger partial charge in [0.1, 0.15) is 0 Å². The Balaban J connectivity index is 1.85. The smallest absolute Gasteiger partial charge is 0.338 e. The van der Waals surface area contributed by atoms with Gasteiger partial charge < -0.3 is 9.64 Å². The second-order valence-electron chi connectivity index (χ2n) is 4.93. The first-order valence-corrected chi connectivity index (χ1v) is 5.50. The Hall–Kier alpha value is -1.35. The Morgan fingerprint density at radius 3 is 2.56 bits per heavy atom. The van der Waals surface area contributed by atoms with Crippen molar-refractivity contribution < 1.29 is 9.53 Å². The molecule has 0 unspecified atom stereocenters. The van der Waals surface area contributed by atoms with Gasteiger partial charge >= 0.3 is 5.97 Å². The predicted octanol–water partition coefficient (Wildman–Crippen LogP) is 1.80. The van der Waals surface area contributed by atoms with Gasteiger partial charge in [-0.25, -0.2) is 4.79 Å². The van der Waals surface area contributed by atoms with Gasteiger partial charge in [0.05, 0.1) is 12.2 Å². The van der Waals surface area contributed by atoms with Crippen molar-refractivity contribution in [3.05, 3.63) is 35.9 Å². The molecule has 0 amide bonds. The molecular formula is C13H17NO2. The summed E-state index contributed by atoms with van der Waals surface area (Å²) < 4.78 is 5.32. The third-order valence-electron chi connectivity index (χ3n) is 2.86. The minimum atomic E-state index is -0.226. The molecule has 1 aliphatic heterocycles. The number of carbonyl (C=O) groups excluding carboxylic acids is 1. The van der Waals surface area contributed by atoms with Crippen molar-refractivity contribution in [3.8, 4) is 0 Å². The van der Waals surface area contributed by atoms with Crippen LogP contribution in [0.3, 0.4) is 0 Å². The van der Waals surface area contributed by atoms with E-state index in [0.717, 1.165) is 13.1 Å². The fourth-order valence-electron chi connectivity index (χ4n) is 2.25. The van der Waals surface area contributed by atoms with E-state index < -0.39 is 0 Å². The van der Waals surface area contributed by atoms with Crippen molar-refractivity contribution in [1.29, 1.82) is 0 Å². The molecule has 2 rings (SSSR count). The number of esters is 1. The van der Waals surface area contributed by atoms with Crippen molar-refractivity contribution in [1.82, 2.24) is 4.90 Å². The monoisotopic (exact) mass is 219 g/mol. The van der Waals surface area contributed by atoms with Gasteiger partial charge in [-0.15, -0.1) is 0 Å². The maximum atomic E-state index is 11.7. The van der Waals surface area contributed by atoms with Gasteiger partial charge in [-0.1, -0.05) is 25.1 Å². The van der Waals surface area contributed by atoms with Crippen molar-refractivity contribution in [2.24, 2.45) is 5.41 Å². The molecule has 16 heavy (non-hydrogen) atoms. The first-order valence-electron chi connectivity index (χ1n) is 5.50. The number of hydrogen-bond acceptors (Lipinski definition) is 3. The van der Waals surface area contributed by atoms with E-state index in [1.54, 1.807) is 12.1 Å². The highest BCUT2D eigenvalue weighted by Crippen LogP contribution is 2.28. The summed E-state index contributed by atoms with van der Waals surface area (Å²) in [7, 11) is 2.07. The first-order chi connectivity index (χ1) is 7.59. The Morgan fingerprint density at radius 1 is 1.38 bits per heavy atom. The second-order valence-corrected chi connectivity index (χ2v) is 4.93. The van der Waals surface area contributed by atoms with Crippen LogP contribution in [0.4, 0.5) is 0 Å². The molecule has 1 fully saturated rings. The Morgan fingerprint density at radius 2 is 2.00 bits per heavy atom. The van der Waals surface area contributed by atoms with Crippen molar-refractivity contribution >= 4 is 5.97 Å². The molecule has 1 aromatic rings. The fraction of sp³-hybridized carbons (Fsp3) is 0.462. The number of hydrogen-bond donors (Lipinski definition) is 0. The molecule has 0 aromatic heterocycles. The largest absolute Gasteiger partial charge is 0.461 e. The lowest BCUT2D eigenvalue weighted by Gasteiger charge is -2.45. The average molecular weight is 219 g/mol. The Labute approximate surface area is 96.0 Å². The molecule has 3 heteroatoms. The minimum absolute atomic E-state index is 0.138. The van der Waals surface area contributed by atoms with E-state index in [1.807, 2.05) is 18.2 Å². The van der Waals surface area contributed by atoms with Crippen molar-refractivity contribution in [2.45, 2.75) is 6.92 Å².